The average molecular weight is 534 g/mol. The molecule has 2 aromatic rings. The number of nitrogens with one attached hydrogen (secondary N) is 3. The highest BCUT2D eigenvalue weighted by molar-refractivity contribution is 6.01. The number of carbonyl (C=O) groups excluding carboxylic acids is 3. The van der Waals surface area contributed by atoms with Gasteiger partial charge in [0.1, 0.15) is 29.4 Å². The molecule has 12 heteroatoms. The van der Waals surface area contributed by atoms with Crippen LogP contribution in [0.3, 0.4) is 0 Å². The van der Waals surface area contributed by atoms with Crippen LogP contribution in [-0.4, -0.2) is 58.7 Å². The number of hydrogen-bond donors (Lipinski definition) is 3. The van der Waals surface area contributed by atoms with E-state index in [0.29, 0.717) is 13.0 Å². The molecule has 3 amide bonds. The molecule has 3 N–H and O–H groups in total. The number of nitrogens with zero attached hydrogens (tertiary/aromatic N) is 2. The number of benzene rings is 1. The number of piperidine rings is 1. The Morgan fingerprint density at radius 2 is 2.05 bits per heavy atom. The van der Waals surface area contributed by atoms with Crippen LogP contribution in [0.1, 0.15) is 48.2 Å². The molecule has 2 aliphatic heterocycles. The van der Waals surface area contributed by atoms with Gasteiger partial charge in [0.2, 0.25) is 17.7 Å². The molecule has 2 saturated heterocycles. The largest absolute Gasteiger partial charge is 0.356 e. The Balaban J connectivity index is 1.41. The minimum Gasteiger partial charge on any atom is -0.356 e. The van der Waals surface area contributed by atoms with Gasteiger partial charge < -0.3 is 20.5 Å². The fraction of sp³-hybridized carbons (Fsp3) is 0.538. The van der Waals surface area contributed by atoms with Crippen LogP contribution < -0.4 is 10.6 Å². The third kappa shape index (κ3) is 4.59. The van der Waals surface area contributed by atoms with E-state index in [1.54, 1.807) is 0 Å². The van der Waals surface area contributed by atoms with E-state index in [-0.39, 0.29) is 41.0 Å². The van der Waals surface area contributed by atoms with Crippen LogP contribution in [0.4, 0.5) is 17.6 Å². The first kappa shape index (κ1) is 26.0. The summed E-state index contributed by atoms with van der Waals surface area (Å²) in [5.74, 6) is -8.18. The van der Waals surface area contributed by atoms with Gasteiger partial charge in [-0.2, -0.15) is 5.26 Å². The molecule has 1 aliphatic carbocycles. The molecular formula is C26H27F4N5O3. The van der Waals surface area contributed by atoms with Gasteiger partial charge in [0, 0.05) is 37.2 Å². The molecule has 1 aromatic carbocycles. The summed E-state index contributed by atoms with van der Waals surface area (Å²) in [4.78, 5) is 42.8. The van der Waals surface area contributed by atoms with Crippen molar-refractivity contribution >= 4 is 28.6 Å². The molecule has 3 heterocycles. The zero-order valence-electron chi connectivity index (χ0n) is 20.6. The van der Waals surface area contributed by atoms with Gasteiger partial charge in [-0.15, -0.1) is 0 Å². The Kier molecular flexibility index (Phi) is 6.57. The van der Waals surface area contributed by atoms with Crippen molar-refractivity contribution in [2.24, 2.45) is 17.8 Å². The molecule has 8 nitrogen and oxygen atoms in total. The predicted octanol–water partition coefficient (Wildman–Crippen LogP) is 3.17. The van der Waals surface area contributed by atoms with Crippen LogP contribution in [0.5, 0.6) is 0 Å². The molecule has 202 valence electrons. The standard InChI is InChI=1S/C26H27F4N5O3/c1-12-5-18(27)16-7-19(34-21(16)20(12)28)25(38)35-11-14-8-26(29,30)9-17(14)22(35)24(37)33-15(10-31)6-13-3-2-4-32-23(13)36/h5,7,13-15,17,22,34H,2-4,6,8-9,11H2,1H3,(H,32,36)(H,33,37)/t13-,14-,15-,17-,22+/m0/s1. The van der Waals surface area contributed by atoms with Crippen LogP contribution in [-0.2, 0) is 9.59 Å². The van der Waals surface area contributed by atoms with E-state index in [0.717, 1.165) is 23.5 Å². The topological polar surface area (TPSA) is 118 Å². The zero-order chi connectivity index (χ0) is 27.4. The quantitative estimate of drug-likeness (QED) is 0.512. The lowest BCUT2D eigenvalue weighted by molar-refractivity contribution is -0.129. The highest BCUT2D eigenvalue weighted by Crippen LogP contribution is 2.50. The summed E-state index contributed by atoms with van der Waals surface area (Å²) in [6.07, 6.45) is 0.245. The number of likely N-dealkylation sites (tertiary alicyclic amines) is 1. The highest BCUT2D eigenvalue weighted by atomic mass is 19.3. The summed E-state index contributed by atoms with van der Waals surface area (Å²) in [6, 6.07) is 1.74. The number of carbonyl (C=O) groups is 3. The van der Waals surface area contributed by atoms with Gasteiger partial charge in [-0.05, 0) is 55.7 Å². The first-order valence-corrected chi connectivity index (χ1v) is 12.6. The van der Waals surface area contributed by atoms with Crippen LogP contribution in [0, 0.1) is 47.6 Å². The maximum absolute atomic E-state index is 14.6. The minimum atomic E-state index is -3.00. The number of fused-ring (bicyclic) bond motifs is 2. The lowest BCUT2D eigenvalue weighted by Gasteiger charge is -2.29. The first-order valence-electron chi connectivity index (χ1n) is 12.6. The Morgan fingerprint density at radius 1 is 1.29 bits per heavy atom. The van der Waals surface area contributed by atoms with Crippen molar-refractivity contribution < 1.29 is 31.9 Å². The Labute approximate surface area is 215 Å². The normalized spacial score (nSPS) is 27.1. The number of aromatic nitrogens is 1. The lowest BCUT2D eigenvalue weighted by Crippen LogP contribution is -2.52. The smallest absolute Gasteiger partial charge is 0.271 e. The summed E-state index contributed by atoms with van der Waals surface area (Å²) in [5, 5.41) is 14.8. The average Bonchev–Trinajstić information content (AvgIpc) is 3.53. The fourth-order valence-electron chi connectivity index (χ4n) is 6.20. The van der Waals surface area contributed by atoms with Gasteiger partial charge in [0.15, 0.2) is 0 Å². The number of aromatic amines is 1. The van der Waals surface area contributed by atoms with Gasteiger partial charge in [-0.1, -0.05) is 0 Å². The summed E-state index contributed by atoms with van der Waals surface area (Å²) in [7, 11) is 0. The number of amides is 3. The zero-order valence-corrected chi connectivity index (χ0v) is 20.6. The van der Waals surface area contributed by atoms with Crippen LogP contribution in [0.2, 0.25) is 0 Å². The fourth-order valence-corrected chi connectivity index (χ4v) is 6.20. The third-order valence-corrected chi connectivity index (χ3v) is 8.01. The van der Waals surface area contributed by atoms with E-state index in [2.05, 4.69) is 15.6 Å². The number of nitriles is 1. The van der Waals surface area contributed by atoms with Gasteiger partial charge >= 0.3 is 0 Å². The van der Waals surface area contributed by atoms with E-state index in [1.165, 1.54) is 6.92 Å². The van der Waals surface area contributed by atoms with E-state index in [9.17, 15) is 37.2 Å². The maximum atomic E-state index is 14.6. The molecule has 0 bridgehead atoms. The molecule has 38 heavy (non-hydrogen) atoms. The first-order chi connectivity index (χ1) is 18.0. The lowest BCUT2D eigenvalue weighted by atomic mass is 9.90. The van der Waals surface area contributed by atoms with Gasteiger partial charge in [-0.3, -0.25) is 14.4 Å². The molecule has 1 saturated carbocycles. The summed E-state index contributed by atoms with van der Waals surface area (Å²) in [6.45, 7) is 1.78. The number of aryl methyl sites for hydroxylation is 1. The highest BCUT2D eigenvalue weighted by Gasteiger charge is 2.58. The van der Waals surface area contributed by atoms with Crippen LogP contribution in [0.25, 0.3) is 10.9 Å². The van der Waals surface area contributed by atoms with Crippen molar-refractivity contribution in [1.29, 1.82) is 5.26 Å². The van der Waals surface area contributed by atoms with Crippen molar-refractivity contribution in [2.75, 3.05) is 13.1 Å². The number of halogens is 4. The molecule has 0 radical (unpaired) electrons. The Morgan fingerprint density at radius 3 is 2.76 bits per heavy atom. The minimum absolute atomic E-state index is 0.0419. The molecule has 0 unspecified atom stereocenters. The molecule has 5 atom stereocenters. The van der Waals surface area contributed by atoms with Crippen molar-refractivity contribution in [3.05, 3.63) is 35.0 Å². The Bertz CT molecular complexity index is 1350. The van der Waals surface area contributed by atoms with E-state index in [4.69, 9.17) is 0 Å². The molecule has 1 aromatic heterocycles. The van der Waals surface area contributed by atoms with Crippen molar-refractivity contribution in [2.45, 2.75) is 57.0 Å². The molecule has 5 rings (SSSR count). The Hall–Kier alpha value is -3.62. The third-order valence-electron chi connectivity index (χ3n) is 8.01. The van der Waals surface area contributed by atoms with E-state index >= 15 is 0 Å². The van der Waals surface area contributed by atoms with E-state index in [1.807, 2.05) is 6.07 Å². The predicted molar refractivity (Wildman–Crippen MR) is 127 cm³/mol. The van der Waals surface area contributed by atoms with Crippen molar-refractivity contribution in [1.82, 2.24) is 20.5 Å². The summed E-state index contributed by atoms with van der Waals surface area (Å²) in [5.41, 5.74) is -0.336. The number of hydrogen-bond acceptors (Lipinski definition) is 4. The van der Waals surface area contributed by atoms with Gasteiger partial charge in [-0.25, -0.2) is 17.6 Å². The second-order valence-electron chi connectivity index (χ2n) is 10.6. The summed E-state index contributed by atoms with van der Waals surface area (Å²) >= 11 is 0. The molecule has 3 fully saturated rings. The molecule has 0 spiro atoms. The number of alkyl halides is 2. The number of H-pyrrole nitrogens is 1. The monoisotopic (exact) mass is 533 g/mol. The van der Waals surface area contributed by atoms with Crippen molar-refractivity contribution in [3.63, 3.8) is 0 Å². The summed E-state index contributed by atoms with van der Waals surface area (Å²) < 4.78 is 57.6. The van der Waals surface area contributed by atoms with Crippen LogP contribution >= 0.6 is 0 Å². The number of rotatable bonds is 5. The van der Waals surface area contributed by atoms with E-state index < -0.39 is 72.1 Å². The van der Waals surface area contributed by atoms with Crippen molar-refractivity contribution in [3.8, 4) is 6.07 Å². The second-order valence-corrected chi connectivity index (χ2v) is 10.6. The second kappa shape index (κ2) is 9.60. The van der Waals surface area contributed by atoms with Gasteiger partial charge in [0.05, 0.1) is 11.6 Å². The molecular weight excluding hydrogens is 506 g/mol. The maximum Gasteiger partial charge on any atom is 0.271 e. The van der Waals surface area contributed by atoms with Crippen LogP contribution in [0.15, 0.2) is 12.1 Å². The van der Waals surface area contributed by atoms with Gasteiger partial charge in [0.25, 0.3) is 5.91 Å². The SMILES string of the molecule is Cc1cc(F)c2cc(C(=O)N3C[C@@H]4CC(F)(F)C[C@@H]4[C@@H]3C(=O)N[C@H](C#N)C[C@@H]3CCCNC3=O)[nH]c2c1F. The molecule has 3 aliphatic rings.